The lowest BCUT2D eigenvalue weighted by Crippen LogP contribution is -2.25. The van der Waals surface area contributed by atoms with Crippen molar-refractivity contribution < 1.29 is 9.47 Å². The van der Waals surface area contributed by atoms with Crippen LogP contribution in [0.4, 0.5) is 0 Å². The largest absolute Gasteiger partial charge is 0.497 e. The van der Waals surface area contributed by atoms with Crippen LogP contribution in [0.1, 0.15) is 18.4 Å². The smallest absolute Gasteiger partial charge is 0.135 e. The molecule has 1 aliphatic heterocycles. The van der Waals surface area contributed by atoms with E-state index in [0.29, 0.717) is 13.2 Å². The average molecular weight is 274 g/mol. The van der Waals surface area contributed by atoms with Crippen molar-refractivity contribution in [2.24, 2.45) is 5.73 Å². The number of methoxy groups -OCH3 is 1. The summed E-state index contributed by atoms with van der Waals surface area (Å²) in [6.45, 7) is 4.36. The third-order valence-electron chi connectivity index (χ3n) is 3.38. The molecule has 0 aliphatic carbocycles. The minimum absolute atomic E-state index is 0.338. The molecular formula is C16H22N2O2. The molecule has 2 N–H and O–H groups in total. The predicted octanol–water partition coefficient (Wildman–Crippen LogP) is 1.48. The number of nitrogens with zero attached hydrogens (tertiary/aromatic N) is 1. The number of hydrogen-bond donors (Lipinski definition) is 1. The van der Waals surface area contributed by atoms with Crippen LogP contribution in [0, 0.1) is 11.8 Å². The van der Waals surface area contributed by atoms with Gasteiger partial charge in [0.15, 0.2) is 0 Å². The van der Waals surface area contributed by atoms with Gasteiger partial charge in [-0.1, -0.05) is 11.8 Å². The zero-order valence-electron chi connectivity index (χ0n) is 12.0. The standard InChI is InChI=1S/C16H22N2O2/c1-19-15-6-7-16(14(13-15)5-4-8-17)20-12-11-18-9-2-3-10-18/h6-7,13H,2-3,8-12,17H2,1H3. The van der Waals surface area contributed by atoms with Crippen molar-refractivity contribution >= 4 is 0 Å². The van der Waals surface area contributed by atoms with Gasteiger partial charge in [0.1, 0.15) is 18.1 Å². The minimum Gasteiger partial charge on any atom is -0.497 e. The molecular weight excluding hydrogens is 252 g/mol. The first kappa shape index (κ1) is 14.7. The number of nitrogens with two attached hydrogens (primary N) is 1. The van der Waals surface area contributed by atoms with E-state index >= 15 is 0 Å². The highest BCUT2D eigenvalue weighted by molar-refractivity contribution is 5.50. The Hall–Kier alpha value is -1.70. The summed E-state index contributed by atoms with van der Waals surface area (Å²) in [5.41, 5.74) is 6.26. The molecule has 20 heavy (non-hydrogen) atoms. The van der Waals surface area contributed by atoms with Crippen molar-refractivity contribution in [3.05, 3.63) is 23.8 Å². The van der Waals surface area contributed by atoms with Crippen LogP contribution in [-0.2, 0) is 0 Å². The zero-order valence-corrected chi connectivity index (χ0v) is 12.0. The van der Waals surface area contributed by atoms with Crippen LogP contribution in [0.3, 0.4) is 0 Å². The zero-order chi connectivity index (χ0) is 14.2. The van der Waals surface area contributed by atoms with Gasteiger partial charge in [-0.2, -0.15) is 0 Å². The Labute approximate surface area is 120 Å². The Morgan fingerprint density at radius 3 is 2.80 bits per heavy atom. The van der Waals surface area contributed by atoms with Gasteiger partial charge >= 0.3 is 0 Å². The van der Waals surface area contributed by atoms with E-state index in [2.05, 4.69) is 16.7 Å². The number of benzene rings is 1. The summed E-state index contributed by atoms with van der Waals surface area (Å²) in [5, 5.41) is 0. The van der Waals surface area contributed by atoms with Crippen molar-refractivity contribution in [2.75, 3.05) is 39.9 Å². The van der Waals surface area contributed by atoms with Crippen LogP contribution >= 0.6 is 0 Å². The number of likely N-dealkylation sites (tertiary alicyclic amines) is 1. The predicted molar refractivity (Wildman–Crippen MR) is 80.1 cm³/mol. The Morgan fingerprint density at radius 2 is 2.10 bits per heavy atom. The highest BCUT2D eigenvalue weighted by Gasteiger charge is 2.11. The third-order valence-corrected chi connectivity index (χ3v) is 3.38. The van der Waals surface area contributed by atoms with E-state index in [9.17, 15) is 0 Å². The van der Waals surface area contributed by atoms with Gasteiger partial charge in [-0.3, -0.25) is 4.90 Å². The lowest BCUT2D eigenvalue weighted by atomic mass is 10.2. The van der Waals surface area contributed by atoms with E-state index in [0.717, 1.165) is 23.6 Å². The highest BCUT2D eigenvalue weighted by atomic mass is 16.5. The first-order valence-corrected chi connectivity index (χ1v) is 7.05. The third kappa shape index (κ3) is 4.16. The molecule has 0 atom stereocenters. The summed E-state index contributed by atoms with van der Waals surface area (Å²) >= 11 is 0. The Morgan fingerprint density at radius 1 is 1.30 bits per heavy atom. The fraction of sp³-hybridized carbons (Fsp3) is 0.500. The molecule has 0 saturated carbocycles. The second-order valence-electron chi connectivity index (χ2n) is 4.77. The normalized spacial score (nSPS) is 14.7. The van der Waals surface area contributed by atoms with Crippen LogP contribution in [-0.4, -0.2) is 44.8 Å². The van der Waals surface area contributed by atoms with Gasteiger partial charge in [0.05, 0.1) is 19.2 Å². The van der Waals surface area contributed by atoms with E-state index < -0.39 is 0 Å². The lowest BCUT2D eigenvalue weighted by molar-refractivity contribution is 0.237. The summed E-state index contributed by atoms with van der Waals surface area (Å²) in [7, 11) is 1.64. The van der Waals surface area contributed by atoms with Gasteiger partial charge in [-0.15, -0.1) is 0 Å². The Kier molecular flexibility index (Phi) is 5.72. The molecule has 0 spiro atoms. The minimum atomic E-state index is 0.338. The maximum absolute atomic E-state index is 5.86. The molecule has 0 radical (unpaired) electrons. The summed E-state index contributed by atoms with van der Waals surface area (Å²) in [5.74, 6) is 7.47. The maximum atomic E-state index is 5.86. The summed E-state index contributed by atoms with van der Waals surface area (Å²) in [4.78, 5) is 2.43. The SMILES string of the molecule is COc1ccc(OCCN2CCCC2)c(C#CCN)c1. The quantitative estimate of drug-likeness (QED) is 0.826. The van der Waals surface area contributed by atoms with Gasteiger partial charge < -0.3 is 15.2 Å². The lowest BCUT2D eigenvalue weighted by Gasteiger charge is -2.15. The maximum Gasteiger partial charge on any atom is 0.135 e. The molecule has 1 aliphatic rings. The molecule has 1 aromatic rings. The Bertz CT molecular complexity index is 485. The second-order valence-corrected chi connectivity index (χ2v) is 4.77. The van der Waals surface area contributed by atoms with E-state index in [4.69, 9.17) is 15.2 Å². The molecule has 0 aromatic heterocycles. The van der Waals surface area contributed by atoms with E-state index in [1.165, 1.54) is 25.9 Å². The van der Waals surface area contributed by atoms with E-state index in [1.807, 2.05) is 18.2 Å². The topological polar surface area (TPSA) is 47.7 Å². The molecule has 1 heterocycles. The van der Waals surface area contributed by atoms with Crippen LogP contribution < -0.4 is 15.2 Å². The van der Waals surface area contributed by atoms with E-state index in [-0.39, 0.29) is 0 Å². The van der Waals surface area contributed by atoms with Crippen molar-refractivity contribution in [1.82, 2.24) is 4.90 Å². The van der Waals surface area contributed by atoms with Gasteiger partial charge in [-0.05, 0) is 44.1 Å². The number of ether oxygens (including phenoxy) is 2. The van der Waals surface area contributed by atoms with Crippen LogP contribution in [0.15, 0.2) is 18.2 Å². The molecule has 4 nitrogen and oxygen atoms in total. The van der Waals surface area contributed by atoms with Crippen LogP contribution in [0.25, 0.3) is 0 Å². The van der Waals surface area contributed by atoms with Gasteiger partial charge in [0.25, 0.3) is 0 Å². The summed E-state index contributed by atoms with van der Waals surface area (Å²) < 4.78 is 11.1. The van der Waals surface area contributed by atoms with Gasteiger partial charge in [-0.25, -0.2) is 0 Å². The molecule has 1 aromatic carbocycles. The highest BCUT2D eigenvalue weighted by Crippen LogP contribution is 2.23. The molecule has 4 heteroatoms. The summed E-state index contributed by atoms with van der Waals surface area (Å²) in [6.07, 6.45) is 2.60. The van der Waals surface area contributed by atoms with Crippen LogP contribution in [0.2, 0.25) is 0 Å². The van der Waals surface area contributed by atoms with Crippen molar-refractivity contribution in [3.63, 3.8) is 0 Å². The first-order chi connectivity index (χ1) is 9.83. The molecule has 1 fully saturated rings. The second kappa shape index (κ2) is 7.78. The Balaban J connectivity index is 1.97. The van der Waals surface area contributed by atoms with Gasteiger partial charge in [0.2, 0.25) is 0 Å². The van der Waals surface area contributed by atoms with Crippen LogP contribution in [0.5, 0.6) is 11.5 Å². The van der Waals surface area contributed by atoms with Crippen molar-refractivity contribution in [3.8, 4) is 23.3 Å². The number of hydrogen-bond acceptors (Lipinski definition) is 4. The van der Waals surface area contributed by atoms with E-state index in [1.54, 1.807) is 7.11 Å². The molecule has 0 amide bonds. The summed E-state index contributed by atoms with van der Waals surface area (Å²) in [6, 6.07) is 5.68. The van der Waals surface area contributed by atoms with Crippen molar-refractivity contribution in [2.45, 2.75) is 12.8 Å². The first-order valence-electron chi connectivity index (χ1n) is 7.05. The monoisotopic (exact) mass is 274 g/mol. The molecule has 0 unspecified atom stereocenters. The fourth-order valence-corrected chi connectivity index (χ4v) is 2.30. The molecule has 2 rings (SSSR count). The average Bonchev–Trinajstić information content (AvgIpc) is 2.99. The molecule has 1 saturated heterocycles. The van der Waals surface area contributed by atoms with Crippen molar-refractivity contribution in [1.29, 1.82) is 0 Å². The fourth-order valence-electron chi connectivity index (χ4n) is 2.30. The molecule has 108 valence electrons. The number of rotatable bonds is 5. The van der Waals surface area contributed by atoms with Gasteiger partial charge in [0, 0.05) is 6.54 Å². The molecule has 0 bridgehead atoms.